The van der Waals surface area contributed by atoms with Gasteiger partial charge in [-0.05, 0) is 38.0 Å². The maximum absolute atomic E-state index is 12.7. The van der Waals surface area contributed by atoms with Crippen molar-refractivity contribution in [3.63, 3.8) is 0 Å². The molecule has 2 heterocycles. The SMILES string of the molecule is CCN(Cc1ccccn1)C(=O)N[C@@H]1CCCOc2ccccc21. The van der Waals surface area contributed by atoms with Gasteiger partial charge in [0.1, 0.15) is 5.75 Å². The van der Waals surface area contributed by atoms with Crippen molar-refractivity contribution in [3.8, 4) is 5.75 Å². The number of urea groups is 1. The molecule has 2 amide bonds. The highest BCUT2D eigenvalue weighted by Gasteiger charge is 2.23. The maximum atomic E-state index is 12.7. The number of amides is 2. The number of pyridine rings is 1. The van der Waals surface area contributed by atoms with Crippen molar-refractivity contribution in [1.82, 2.24) is 15.2 Å². The van der Waals surface area contributed by atoms with Crippen molar-refractivity contribution in [1.29, 1.82) is 0 Å². The molecule has 0 saturated carbocycles. The maximum Gasteiger partial charge on any atom is 0.318 e. The number of carbonyl (C=O) groups excluding carboxylic acids is 1. The third kappa shape index (κ3) is 3.85. The molecule has 3 rings (SSSR count). The second-order valence-electron chi connectivity index (χ2n) is 5.87. The number of ether oxygens (including phenoxy) is 1. The molecule has 5 heteroatoms. The molecule has 1 aliphatic heterocycles. The van der Waals surface area contributed by atoms with Crippen LogP contribution in [0.5, 0.6) is 5.75 Å². The van der Waals surface area contributed by atoms with Gasteiger partial charge in [-0.3, -0.25) is 4.98 Å². The number of nitrogens with one attached hydrogen (secondary N) is 1. The summed E-state index contributed by atoms with van der Waals surface area (Å²) in [6.07, 6.45) is 3.55. The summed E-state index contributed by atoms with van der Waals surface area (Å²) >= 11 is 0. The number of fused-ring (bicyclic) bond motifs is 1. The highest BCUT2D eigenvalue weighted by Crippen LogP contribution is 2.31. The predicted molar refractivity (Wildman–Crippen MR) is 92.8 cm³/mol. The van der Waals surface area contributed by atoms with Crippen LogP contribution in [-0.4, -0.2) is 29.1 Å². The Bertz CT molecular complexity index is 675. The molecule has 1 aromatic carbocycles. The van der Waals surface area contributed by atoms with E-state index in [1.807, 2.05) is 49.4 Å². The molecule has 0 radical (unpaired) electrons. The summed E-state index contributed by atoms with van der Waals surface area (Å²) in [7, 11) is 0. The predicted octanol–water partition coefficient (Wildman–Crippen LogP) is 3.53. The van der Waals surface area contributed by atoms with E-state index < -0.39 is 0 Å². The minimum absolute atomic E-state index is 0.0195. The van der Waals surface area contributed by atoms with E-state index in [-0.39, 0.29) is 12.1 Å². The molecule has 24 heavy (non-hydrogen) atoms. The van der Waals surface area contributed by atoms with Crippen molar-refractivity contribution >= 4 is 6.03 Å². The Kier molecular flexibility index (Phi) is 5.31. The molecule has 5 nitrogen and oxygen atoms in total. The molecular formula is C19H23N3O2. The number of benzene rings is 1. The van der Waals surface area contributed by atoms with Crippen LogP contribution in [0.3, 0.4) is 0 Å². The van der Waals surface area contributed by atoms with Crippen LogP contribution in [0.1, 0.15) is 37.1 Å². The summed E-state index contributed by atoms with van der Waals surface area (Å²) in [5.41, 5.74) is 1.94. The summed E-state index contributed by atoms with van der Waals surface area (Å²) in [6.45, 7) is 3.81. The first-order valence-electron chi connectivity index (χ1n) is 8.45. The number of hydrogen-bond donors (Lipinski definition) is 1. The van der Waals surface area contributed by atoms with E-state index in [2.05, 4.69) is 10.3 Å². The number of rotatable bonds is 4. The Morgan fingerprint density at radius 2 is 2.12 bits per heavy atom. The first-order valence-corrected chi connectivity index (χ1v) is 8.45. The molecule has 0 fully saturated rings. The van der Waals surface area contributed by atoms with Gasteiger partial charge in [-0.15, -0.1) is 0 Å². The normalized spacial score (nSPS) is 16.5. The molecule has 0 unspecified atom stereocenters. The summed E-state index contributed by atoms with van der Waals surface area (Å²) in [5.74, 6) is 0.869. The van der Waals surface area contributed by atoms with Gasteiger partial charge in [0.05, 0.1) is 24.9 Å². The minimum Gasteiger partial charge on any atom is -0.493 e. The molecule has 126 valence electrons. The Morgan fingerprint density at radius 3 is 2.92 bits per heavy atom. The van der Waals surface area contributed by atoms with Crippen LogP contribution in [-0.2, 0) is 6.54 Å². The third-order valence-electron chi connectivity index (χ3n) is 4.23. The van der Waals surface area contributed by atoms with Crippen LogP contribution in [0.15, 0.2) is 48.7 Å². The molecule has 0 bridgehead atoms. The van der Waals surface area contributed by atoms with Crippen molar-refractivity contribution < 1.29 is 9.53 Å². The Balaban J connectivity index is 1.71. The Morgan fingerprint density at radius 1 is 1.29 bits per heavy atom. The lowest BCUT2D eigenvalue weighted by Gasteiger charge is -2.25. The molecule has 1 aromatic heterocycles. The van der Waals surface area contributed by atoms with Crippen LogP contribution in [0.25, 0.3) is 0 Å². The zero-order valence-electron chi connectivity index (χ0n) is 13.9. The molecule has 1 aliphatic rings. The number of para-hydroxylation sites is 1. The van der Waals surface area contributed by atoms with Crippen LogP contribution >= 0.6 is 0 Å². The molecule has 1 N–H and O–H groups in total. The van der Waals surface area contributed by atoms with Gasteiger partial charge in [-0.25, -0.2) is 4.79 Å². The average molecular weight is 325 g/mol. The molecular weight excluding hydrogens is 302 g/mol. The standard InChI is InChI=1S/C19H23N3O2/c1-2-22(14-15-8-5-6-12-20-15)19(23)21-17-10-7-13-24-18-11-4-3-9-16(17)18/h3-6,8-9,11-12,17H,2,7,10,13-14H2,1H3,(H,21,23)/t17-/m1/s1. The quantitative estimate of drug-likeness (QED) is 0.935. The Hall–Kier alpha value is -2.56. The lowest BCUT2D eigenvalue weighted by molar-refractivity contribution is 0.192. The average Bonchev–Trinajstić information content (AvgIpc) is 2.83. The highest BCUT2D eigenvalue weighted by molar-refractivity contribution is 5.74. The van der Waals surface area contributed by atoms with Gasteiger partial charge in [0.15, 0.2) is 0 Å². The fourth-order valence-corrected chi connectivity index (χ4v) is 2.93. The number of hydrogen-bond acceptors (Lipinski definition) is 3. The first kappa shape index (κ1) is 16.3. The second kappa shape index (κ2) is 7.81. The van der Waals surface area contributed by atoms with Crippen molar-refractivity contribution in [2.75, 3.05) is 13.2 Å². The van der Waals surface area contributed by atoms with E-state index in [9.17, 15) is 4.79 Å². The number of aromatic nitrogens is 1. The summed E-state index contributed by atoms with van der Waals surface area (Å²) in [6, 6.07) is 13.6. The lowest BCUT2D eigenvalue weighted by Crippen LogP contribution is -2.41. The summed E-state index contributed by atoms with van der Waals surface area (Å²) in [5, 5.41) is 3.17. The van der Waals surface area contributed by atoms with Crippen molar-refractivity contribution in [2.45, 2.75) is 32.4 Å². The number of nitrogens with zero attached hydrogens (tertiary/aromatic N) is 2. The topological polar surface area (TPSA) is 54.5 Å². The van der Waals surface area contributed by atoms with Gasteiger partial charge in [0, 0.05) is 18.3 Å². The second-order valence-corrected chi connectivity index (χ2v) is 5.87. The summed E-state index contributed by atoms with van der Waals surface area (Å²) < 4.78 is 5.77. The van der Waals surface area contributed by atoms with Crippen LogP contribution < -0.4 is 10.1 Å². The summed E-state index contributed by atoms with van der Waals surface area (Å²) in [4.78, 5) is 18.8. The zero-order chi connectivity index (χ0) is 16.8. The van der Waals surface area contributed by atoms with Crippen LogP contribution in [0.2, 0.25) is 0 Å². The van der Waals surface area contributed by atoms with E-state index in [0.29, 0.717) is 19.7 Å². The molecule has 0 saturated heterocycles. The lowest BCUT2D eigenvalue weighted by atomic mass is 10.0. The highest BCUT2D eigenvalue weighted by atomic mass is 16.5. The van der Waals surface area contributed by atoms with Gasteiger partial charge in [0.2, 0.25) is 0 Å². The first-order chi connectivity index (χ1) is 11.8. The monoisotopic (exact) mass is 325 g/mol. The van der Waals surface area contributed by atoms with Gasteiger partial charge in [-0.2, -0.15) is 0 Å². The minimum atomic E-state index is -0.0649. The third-order valence-corrected chi connectivity index (χ3v) is 4.23. The molecule has 2 aromatic rings. The van der Waals surface area contributed by atoms with E-state index in [4.69, 9.17) is 4.74 Å². The van der Waals surface area contributed by atoms with Crippen molar-refractivity contribution in [2.24, 2.45) is 0 Å². The Labute approximate surface area is 142 Å². The number of carbonyl (C=O) groups is 1. The van der Waals surface area contributed by atoms with E-state index >= 15 is 0 Å². The van der Waals surface area contributed by atoms with Gasteiger partial charge >= 0.3 is 6.03 Å². The van der Waals surface area contributed by atoms with Crippen LogP contribution in [0, 0.1) is 0 Å². The molecule has 0 aliphatic carbocycles. The van der Waals surface area contributed by atoms with E-state index in [1.165, 1.54) is 0 Å². The molecule has 0 spiro atoms. The smallest absolute Gasteiger partial charge is 0.318 e. The van der Waals surface area contributed by atoms with Gasteiger partial charge in [-0.1, -0.05) is 24.3 Å². The molecule has 1 atom stereocenters. The zero-order valence-corrected chi connectivity index (χ0v) is 13.9. The van der Waals surface area contributed by atoms with E-state index in [1.54, 1.807) is 11.1 Å². The van der Waals surface area contributed by atoms with Gasteiger partial charge < -0.3 is 15.0 Å². The van der Waals surface area contributed by atoms with Crippen LogP contribution in [0.4, 0.5) is 4.79 Å². The van der Waals surface area contributed by atoms with Gasteiger partial charge in [0.25, 0.3) is 0 Å². The van der Waals surface area contributed by atoms with E-state index in [0.717, 1.165) is 29.8 Å². The largest absolute Gasteiger partial charge is 0.493 e. The van der Waals surface area contributed by atoms with Crippen molar-refractivity contribution in [3.05, 3.63) is 59.9 Å². The fourth-order valence-electron chi connectivity index (χ4n) is 2.93. The fraction of sp³-hybridized carbons (Fsp3) is 0.368.